The monoisotopic (exact) mass is 446 g/mol. The van der Waals surface area contributed by atoms with Crippen LogP contribution in [0.1, 0.15) is 122 Å². The molecular weight excluding hydrogens is 400 g/mol. The van der Waals surface area contributed by atoms with Gasteiger partial charge in [-0.2, -0.15) is 0 Å². The van der Waals surface area contributed by atoms with E-state index >= 15 is 0 Å². The van der Waals surface area contributed by atoms with Gasteiger partial charge < -0.3 is 14.9 Å². The van der Waals surface area contributed by atoms with E-state index in [2.05, 4.69) is 6.92 Å². The summed E-state index contributed by atoms with van der Waals surface area (Å²) in [6.07, 6.45) is 25.5. The van der Waals surface area contributed by atoms with E-state index in [9.17, 15) is 15.0 Å². The van der Waals surface area contributed by atoms with Gasteiger partial charge in [0.05, 0.1) is 6.61 Å². The third-order valence-electron chi connectivity index (χ3n) is 5.90. The van der Waals surface area contributed by atoms with Gasteiger partial charge in [-0.1, -0.05) is 116 Å². The van der Waals surface area contributed by atoms with Crippen LogP contribution in [0.3, 0.4) is 0 Å². The fourth-order valence-corrected chi connectivity index (χ4v) is 3.86. The van der Waals surface area contributed by atoms with Crippen LogP contribution in [0, 0.1) is 0 Å². The molecule has 0 aromatic heterocycles. The number of unbranched alkanes of at least 4 members (excludes halogenated alkanes) is 16. The summed E-state index contributed by atoms with van der Waals surface area (Å²) in [6, 6.07) is 4.41. The highest BCUT2D eigenvalue weighted by Crippen LogP contribution is 2.25. The van der Waals surface area contributed by atoms with E-state index in [0.29, 0.717) is 12.2 Å². The summed E-state index contributed by atoms with van der Waals surface area (Å²) in [5.41, 5.74) is 0.634. The average Bonchev–Trinajstić information content (AvgIpc) is 2.79. The number of esters is 1. The van der Waals surface area contributed by atoms with E-state index in [0.717, 1.165) is 12.8 Å². The van der Waals surface area contributed by atoms with Crippen molar-refractivity contribution in [1.29, 1.82) is 0 Å². The van der Waals surface area contributed by atoms with Crippen LogP contribution >= 0.6 is 0 Å². The molecule has 0 saturated carbocycles. The second-order valence-electron chi connectivity index (χ2n) is 8.91. The normalized spacial score (nSPS) is 11.3. The molecule has 0 heterocycles. The highest BCUT2D eigenvalue weighted by molar-refractivity contribution is 5.87. The van der Waals surface area contributed by atoms with Crippen LogP contribution in [0.5, 0.6) is 11.5 Å². The van der Waals surface area contributed by atoms with Crippen molar-refractivity contribution in [3.8, 4) is 11.5 Å². The first-order valence-corrected chi connectivity index (χ1v) is 13.0. The molecular formula is C28H46O4. The Balaban J connectivity index is 1.83. The Morgan fingerprint density at radius 1 is 0.719 bits per heavy atom. The zero-order chi connectivity index (χ0) is 23.3. The summed E-state index contributed by atoms with van der Waals surface area (Å²) in [4.78, 5) is 11.7. The molecule has 0 unspecified atom stereocenters. The predicted octanol–water partition coefficient (Wildman–Crippen LogP) is 8.31. The van der Waals surface area contributed by atoms with Crippen molar-refractivity contribution in [2.45, 2.75) is 116 Å². The molecule has 4 heteroatoms. The van der Waals surface area contributed by atoms with E-state index < -0.39 is 0 Å². The van der Waals surface area contributed by atoms with Crippen LogP contribution in [-0.2, 0) is 9.53 Å². The first kappa shape index (κ1) is 28.1. The molecule has 0 radical (unpaired) electrons. The van der Waals surface area contributed by atoms with E-state index in [1.807, 2.05) is 0 Å². The topological polar surface area (TPSA) is 66.8 Å². The van der Waals surface area contributed by atoms with Gasteiger partial charge in [0.15, 0.2) is 11.5 Å². The summed E-state index contributed by atoms with van der Waals surface area (Å²) in [7, 11) is 0. The smallest absolute Gasteiger partial charge is 0.330 e. The lowest BCUT2D eigenvalue weighted by Crippen LogP contribution is -2.02. The number of hydrogen-bond acceptors (Lipinski definition) is 4. The van der Waals surface area contributed by atoms with Crippen molar-refractivity contribution in [3.63, 3.8) is 0 Å². The molecule has 1 rings (SSSR count). The molecule has 182 valence electrons. The van der Waals surface area contributed by atoms with Gasteiger partial charge in [0.25, 0.3) is 0 Å². The molecule has 1 aromatic carbocycles. The lowest BCUT2D eigenvalue weighted by Gasteiger charge is -2.04. The second kappa shape index (κ2) is 19.7. The van der Waals surface area contributed by atoms with Crippen molar-refractivity contribution in [3.05, 3.63) is 29.8 Å². The number of benzene rings is 1. The number of carbonyl (C=O) groups excluding carboxylic acids is 1. The minimum atomic E-state index is -0.381. The van der Waals surface area contributed by atoms with Gasteiger partial charge in [-0.25, -0.2) is 4.79 Å². The summed E-state index contributed by atoms with van der Waals surface area (Å²) in [5, 5.41) is 18.7. The van der Waals surface area contributed by atoms with Gasteiger partial charge in [0.2, 0.25) is 0 Å². The highest BCUT2D eigenvalue weighted by atomic mass is 16.5. The van der Waals surface area contributed by atoms with Gasteiger partial charge >= 0.3 is 5.97 Å². The molecule has 1 aromatic rings. The molecule has 0 aliphatic heterocycles. The zero-order valence-electron chi connectivity index (χ0n) is 20.3. The van der Waals surface area contributed by atoms with Crippen LogP contribution in [0.2, 0.25) is 0 Å². The first-order chi connectivity index (χ1) is 15.6. The fourth-order valence-electron chi connectivity index (χ4n) is 3.86. The van der Waals surface area contributed by atoms with Crippen molar-refractivity contribution < 1.29 is 19.7 Å². The van der Waals surface area contributed by atoms with Crippen molar-refractivity contribution in [2.75, 3.05) is 6.61 Å². The van der Waals surface area contributed by atoms with Crippen LogP contribution in [0.15, 0.2) is 24.3 Å². The summed E-state index contributed by atoms with van der Waals surface area (Å²) >= 11 is 0. The van der Waals surface area contributed by atoms with Crippen LogP contribution in [-0.4, -0.2) is 22.8 Å². The van der Waals surface area contributed by atoms with Crippen LogP contribution in [0.25, 0.3) is 6.08 Å². The molecule has 2 N–H and O–H groups in total. The number of aromatic hydroxyl groups is 2. The Morgan fingerprint density at radius 2 is 1.19 bits per heavy atom. The van der Waals surface area contributed by atoms with E-state index in [-0.39, 0.29) is 17.5 Å². The Hall–Kier alpha value is -1.97. The number of phenols is 2. The second-order valence-corrected chi connectivity index (χ2v) is 8.91. The molecule has 0 aliphatic rings. The molecule has 0 fully saturated rings. The molecule has 4 nitrogen and oxygen atoms in total. The van der Waals surface area contributed by atoms with Crippen molar-refractivity contribution in [1.82, 2.24) is 0 Å². The molecule has 32 heavy (non-hydrogen) atoms. The van der Waals surface area contributed by atoms with Crippen molar-refractivity contribution >= 4 is 12.0 Å². The molecule has 0 amide bonds. The van der Waals surface area contributed by atoms with E-state index in [1.165, 1.54) is 115 Å². The zero-order valence-corrected chi connectivity index (χ0v) is 20.3. The summed E-state index contributed by atoms with van der Waals surface area (Å²) in [6.45, 7) is 2.72. The van der Waals surface area contributed by atoms with Crippen LogP contribution < -0.4 is 0 Å². The molecule has 0 spiro atoms. The molecule has 0 aliphatic carbocycles. The van der Waals surface area contributed by atoms with Gasteiger partial charge in [-0.05, 0) is 30.2 Å². The number of rotatable bonds is 20. The lowest BCUT2D eigenvalue weighted by atomic mass is 10.0. The average molecular weight is 447 g/mol. The minimum Gasteiger partial charge on any atom is -0.504 e. The predicted molar refractivity (Wildman–Crippen MR) is 134 cm³/mol. The Kier molecular flexibility index (Phi) is 17.3. The number of ether oxygens (including phenoxy) is 1. The number of phenolic OH excluding ortho intramolecular Hbond substituents is 2. The quantitative estimate of drug-likeness (QED) is 0.0914. The van der Waals surface area contributed by atoms with Gasteiger partial charge in [-0.3, -0.25) is 0 Å². The third-order valence-corrected chi connectivity index (χ3v) is 5.90. The summed E-state index contributed by atoms with van der Waals surface area (Å²) < 4.78 is 5.20. The van der Waals surface area contributed by atoms with Gasteiger partial charge in [0, 0.05) is 6.08 Å². The number of hydrogen-bond donors (Lipinski definition) is 2. The Morgan fingerprint density at radius 3 is 1.66 bits per heavy atom. The molecule has 0 bridgehead atoms. The maximum Gasteiger partial charge on any atom is 0.330 e. The van der Waals surface area contributed by atoms with E-state index in [1.54, 1.807) is 12.1 Å². The van der Waals surface area contributed by atoms with Crippen molar-refractivity contribution in [2.24, 2.45) is 0 Å². The first-order valence-electron chi connectivity index (χ1n) is 13.0. The maximum absolute atomic E-state index is 11.7. The Labute approximate surface area is 196 Å². The van der Waals surface area contributed by atoms with Gasteiger partial charge in [-0.15, -0.1) is 0 Å². The Bertz CT molecular complexity index is 624. The standard InChI is InChI=1S/C28H46O4/c1-2-3-4-5-6-7-8-9-10-11-12-13-14-15-16-17-18-23-32-28(31)22-20-25-19-21-26(29)27(30)24-25/h19-22,24,29-30H,2-18,23H2,1H3. The van der Waals surface area contributed by atoms with Crippen LogP contribution in [0.4, 0.5) is 0 Å². The highest BCUT2D eigenvalue weighted by Gasteiger charge is 2.01. The fraction of sp³-hybridized carbons (Fsp3) is 0.679. The maximum atomic E-state index is 11.7. The lowest BCUT2D eigenvalue weighted by molar-refractivity contribution is -0.137. The minimum absolute atomic E-state index is 0.177. The third kappa shape index (κ3) is 15.8. The molecule has 0 saturated heterocycles. The summed E-state index contributed by atoms with van der Waals surface area (Å²) in [5.74, 6) is -0.762. The largest absolute Gasteiger partial charge is 0.504 e. The van der Waals surface area contributed by atoms with Gasteiger partial charge in [0.1, 0.15) is 0 Å². The SMILES string of the molecule is CCCCCCCCCCCCCCCCCCCOC(=O)C=Cc1ccc(O)c(O)c1. The number of carbonyl (C=O) groups is 1. The molecule has 0 atom stereocenters. The van der Waals surface area contributed by atoms with E-state index in [4.69, 9.17) is 4.74 Å².